The molecule has 1 heterocycles. The van der Waals surface area contributed by atoms with Crippen LogP contribution in [0.25, 0.3) is 0 Å². The van der Waals surface area contributed by atoms with Crippen LogP contribution in [-0.4, -0.2) is 43.6 Å². The zero-order chi connectivity index (χ0) is 17.3. The molecule has 0 aromatic rings. The van der Waals surface area contributed by atoms with Crippen LogP contribution in [-0.2, 0) is 14.8 Å². The Labute approximate surface area is 134 Å². The number of nitrogens with zero attached hydrogens (tertiary/aromatic N) is 1. The average molecular weight is 356 g/mol. The zero-order valence-corrected chi connectivity index (χ0v) is 13.7. The van der Waals surface area contributed by atoms with Gasteiger partial charge < -0.3 is 5.73 Å². The molecule has 1 aliphatic heterocycles. The first-order chi connectivity index (χ1) is 10.6. The number of primary amides is 1. The Balaban J connectivity index is 2.00. The summed E-state index contributed by atoms with van der Waals surface area (Å²) in [6.45, 7) is -1.17. The molecule has 0 bridgehead atoms. The Morgan fingerprint density at radius 1 is 1.13 bits per heavy atom. The van der Waals surface area contributed by atoms with E-state index in [9.17, 15) is 26.4 Å². The lowest BCUT2D eigenvalue weighted by molar-refractivity contribution is -0.182. The number of carbonyl (C=O) groups excluding carboxylic acids is 1. The lowest BCUT2D eigenvalue weighted by Gasteiger charge is -2.23. The first kappa shape index (κ1) is 18.5. The molecule has 1 saturated heterocycles. The molecule has 1 amide bonds. The molecule has 5 nitrogen and oxygen atoms in total. The van der Waals surface area contributed by atoms with Gasteiger partial charge in [-0.3, -0.25) is 4.79 Å². The number of carbonyl (C=O) groups is 1. The van der Waals surface area contributed by atoms with Crippen LogP contribution in [0.4, 0.5) is 13.2 Å². The molecule has 2 aliphatic rings. The number of hydrogen-bond donors (Lipinski definition) is 1. The van der Waals surface area contributed by atoms with E-state index in [1.165, 1.54) is 0 Å². The number of sulfonamides is 1. The molecule has 0 unspecified atom stereocenters. The third-order valence-electron chi connectivity index (χ3n) is 4.97. The maximum Gasteiger partial charge on any atom is 0.393 e. The van der Waals surface area contributed by atoms with Crippen LogP contribution in [0.1, 0.15) is 38.5 Å². The molecule has 1 aliphatic carbocycles. The zero-order valence-electron chi connectivity index (χ0n) is 12.9. The average Bonchev–Trinajstić information content (AvgIpc) is 2.93. The Hall–Kier alpha value is -0.830. The fourth-order valence-electron chi connectivity index (χ4n) is 3.54. The third-order valence-corrected chi connectivity index (χ3v) is 6.81. The van der Waals surface area contributed by atoms with Crippen molar-refractivity contribution in [2.24, 2.45) is 23.5 Å². The van der Waals surface area contributed by atoms with Gasteiger partial charge in [-0.05, 0) is 12.3 Å². The standard InChI is InChI=1S/C14H23F3N2O3S/c15-14(16,17)12-9-19(8-11(12)13(18)20)23(21,22)7-6-10-4-2-1-3-5-10/h10-12H,1-9H2,(H2,18,20)/t11-,12-/m1/s1. The SMILES string of the molecule is NC(=O)[C@@H]1CN(S(=O)(=O)CCC2CCCCC2)C[C@H]1C(F)(F)F. The third kappa shape index (κ3) is 4.59. The van der Waals surface area contributed by atoms with Crippen LogP contribution in [0.2, 0.25) is 0 Å². The van der Waals surface area contributed by atoms with E-state index >= 15 is 0 Å². The number of rotatable bonds is 5. The maximum absolute atomic E-state index is 13.0. The fraction of sp³-hybridized carbons (Fsp3) is 0.929. The number of halogens is 3. The van der Waals surface area contributed by atoms with E-state index in [1.807, 2.05) is 0 Å². The molecule has 2 fully saturated rings. The van der Waals surface area contributed by atoms with Crippen LogP contribution in [0, 0.1) is 17.8 Å². The molecule has 134 valence electrons. The molecule has 0 aromatic heterocycles. The van der Waals surface area contributed by atoms with E-state index in [0.29, 0.717) is 12.3 Å². The number of nitrogens with two attached hydrogens (primary N) is 1. The molecule has 23 heavy (non-hydrogen) atoms. The van der Waals surface area contributed by atoms with Crippen molar-refractivity contribution in [3.8, 4) is 0 Å². The van der Waals surface area contributed by atoms with Gasteiger partial charge in [-0.25, -0.2) is 12.7 Å². The molecule has 9 heteroatoms. The second-order valence-corrected chi connectivity index (χ2v) is 8.67. The Kier molecular flexibility index (Phi) is 5.60. The number of amides is 1. The number of alkyl halides is 3. The fourth-order valence-corrected chi connectivity index (χ4v) is 5.20. The van der Waals surface area contributed by atoms with Gasteiger partial charge in [0, 0.05) is 13.1 Å². The molecule has 2 N–H and O–H groups in total. The summed E-state index contributed by atoms with van der Waals surface area (Å²) in [5.74, 6) is -4.44. The highest BCUT2D eigenvalue weighted by atomic mass is 32.2. The second-order valence-electron chi connectivity index (χ2n) is 6.58. The van der Waals surface area contributed by atoms with Gasteiger partial charge in [0.05, 0.1) is 17.6 Å². The van der Waals surface area contributed by atoms with Crippen molar-refractivity contribution in [1.29, 1.82) is 0 Å². The minimum absolute atomic E-state index is 0.159. The normalized spacial score (nSPS) is 28.1. The van der Waals surface area contributed by atoms with E-state index < -0.39 is 47.0 Å². The Bertz CT molecular complexity index is 530. The maximum atomic E-state index is 13.0. The van der Waals surface area contributed by atoms with Gasteiger partial charge >= 0.3 is 6.18 Å². The monoisotopic (exact) mass is 356 g/mol. The van der Waals surface area contributed by atoms with Crippen molar-refractivity contribution in [3.05, 3.63) is 0 Å². The summed E-state index contributed by atoms with van der Waals surface area (Å²) in [6.07, 6.45) is 1.10. The van der Waals surface area contributed by atoms with Gasteiger partial charge in [-0.1, -0.05) is 32.1 Å². The molecular formula is C14H23F3N2O3S. The first-order valence-electron chi connectivity index (χ1n) is 7.95. The van der Waals surface area contributed by atoms with Gasteiger partial charge in [-0.15, -0.1) is 0 Å². The van der Waals surface area contributed by atoms with E-state index in [2.05, 4.69) is 0 Å². The quantitative estimate of drug-likeness (QED) is 0.817. The highest BCUT2D eigenvalue weighted by Gasteiger charge is 2.53. The smallest absolute Gasteiger partial charge is 0.369 e. The van der Waals surface area contributed by atoms with Gasteiger partial charge in [0.2, 0.25) is 15.9 Å². The summed E-state index contributed by atoms with van der Waals surface area (Å²) in [4.78, 5) is 11.2. The summed E-state index contributed by atoms with van der Waals surface area (Å²) in [6, 6.07) is 0. The molecule has 2 atom stereocenters. The lowest BCUT2D eigenvalue weighted by Crippen LogP contribution is -2.37. The van der Waals surface area contributed by atoms with E-state index in [4.69, 9.17) is 5.73 Å². The van der Waals surface area contributed by atoms with Crippen LogP contribution in [0.15, 0.2) is 0 Å². The van der Waals surface area contributed by atoms with Crippen LogP contribution < -0.4 is 5.73 Å². The molecule has 0 spiro atoms. The van der Waals surface area contributed by atoms with E-state index in [1.54, 1.807) is 0 Å². The van der Waals surface area contributed by atoms with E-state index in [-0.39, 0.29) is 5.75 Å². The summed E-state index contributed by atoms with van der Waals surface area (Å²) in [5, 5.41) is 0. The van der Waals surface area contributed by atoms with Crippen molar-refractivity contribution < 1.29 is 26.4 Å². The lowest BCUT2D eigenvalue weighted by atomic mass is 9.88. The predicted molar refractivity (Wildman–Crippen MR) is 78.8 cm³/mol. The van der Waals surface area contributed by atoms with Crippen molar-refractivity contribution >= 4 is 15.9 Å². The summed E-state index contributed by atoms with van der Waals surface area (Å²) in [7, 11) is -3.79. The minimum atomic E-state index is -4.63. The van der Waals surface area contributed by atoms with Crippen LogP contribution in [0.5, 0.6) is 0 Å². The Morgan fingerprint density at radius 2 is 1.74 bits per heavy atom. The molecule has 0 radical (unpaired) electrons. The minimum Gasteiger partial charge on any atom is -0.369 e. The van der Waals surface area contributed by atoms with Crippen LogP contribution >= 0.6 is 0 Å². The topological polar surface area (TPSA) is 80.5 Å². The van der Waals surface area contributed by atoms with Gasteiger partial charge in [0.1, 0.15) is 0 Å². The number of hydrogen-bond acceptors (Lipinski definition) is 3. The Morgan fingerprint density at radius 3 is 2.22 bits per heavy atom. The van der Waals surface area contributed by atoms with Crippen molar-refractivity contribution in [3.63, 3.8) is 0 Å². The first-order valence-corrected chi connectivity index (χ1v) is 9.56. The van der Waals surface area contributed by atoms with E-state index in [0.717, 1.165) is 36.4 Å². The largest absolute Gasteiger partial charge is 0.393 e. The van der Waals surface area contributed by atoms with Gasteiger partial charge in [0.15, 0.2) is 0 Å². The summed E-state index contributed by atoms with van der Waals surface area (Å²) < 4.78 is 64.4. The highest BCUT2D eigenvalue weighted by molar-refractivity contribution is 7.89. The molecule has 0 aromatic carbocycles. The van der Waals surface area contributed by atoms with Crippen molar-refractivity contribution in [1.82, 2.24) is 4.31 Å². The summed E-state index contributed by atoms with van der Waals surface area (Å²) >= 11 is 0. The van der Waals surface area contributed by atoms with Crippen molar-refractivity contribution in [2.75, 3.05) is 18.8 Å². The molecular weight excluding hydrogens is 333 g/mol. The second kappa shape index (κ2) is 6.96. The van der Waals surface area contributed by atoms with Crippen LogP contribution in [0.3, 0.4) is 0 Å². The highest BCUT2D eigenvalue weighted by Crippen LogP contribution is 2.38. The summed E-state index contributed by atoms with van der Waals surface area (Å²) in [5.41, 5.74) is 5.02. The molecule has 2 rings (SSSR count). The van der Waals surface area contributed by atoms with Gasteiger partial charge in [0.25, 0.3) is 0 Å². The predicted octanol–water partition coefficient (Wildman–Crippen LogP) is 1.88. The van der Waals surface area contributed by atoms with Crippen molar-refractivity contribution in [2.45, 2.75) is 44.7 Å². The molecule has 1 saturated carbocycles. The van der Waals surface area contributed by atoms with Gasteiger partial charge in [-0.2, -0.15) is 13.2 Å².